The van der Waals surface area contributed by atoms with E-state index in [9.17, 15) is 4.79 Å². The number of nitrogens with zero attached hydrogens (tertiary/aromatic N) is 3. The molecular weight excluding hydrogens is 236 g/mol. The quantitative estimate of drug-likeness (QED) is 0.908. The zero-order chi connectivity index (χ0) is 12.4. The van der Waals surface area contributed by atoms with Crippen molar-refractivity contribution in [2.75, 3.05) is 5.32 Å². The SMILES string of the molecule is Cc1nc(NC(=O)[C@@H](C)n2cccn2)sc1C. The largest absolute Gasteiger partial charge is 0.300 e. The molecular formula is C11H14N4OS. The van der Waals surface area contributed by atoms with Gasteiger partial charge in [-0.3, -0.25) is 9.48 Å². The average Bonchev–Trinajstić information content (AvgIpc) is 2.89. The van der Waals surface area contributed by atoms with Gasteiger partial charge in [0.15, 0.2) is 5.13 Å². The molecule has 5 nitrogen and oxygen atoms in total. The monoisotopic (exact) mass is 250 g/mol. The number of rotatable bonds is 3. The zero-order valence-electron chi connectivity index (χ0n) is 9.97. The fraction of sp³-hybridized carbons (Fsp3) is 0.364. The Balaban J connectivity index is 2.07. The van der Waals surface area contributed by atoms with Crippen LogP contribution < -0.4 is 5.32 Å². The van der Waals surface area contributed by atoms with Crippen LogP contribution in [-0.4, -0.2) is 20.7 Å². The fourth-order valence-electron chi connectivity index (χ4n) is 1.37. The van der Waals surface area contributed by atoms with Crippen LogP contribution in [0.4, 0.5) is 5.13 Å². The van der Waals surface area contributed by atoms with Gasteiger partial charge in [-0.2, -0.15) is 5.10 Å². The van der Waals surface area contributed by atoms with Gasteiger partial charge in [0.1, 0.15) is 6.04 Å². The normalized spacial score (nSPS) is 12.4. The van der Waals surface area contributed by atoms with Gasteiger partial charge in [0.25, 0.3) is 5.91 Å². The minimum Gasteiger partial charge on any atom is -0.300 e. The second-order valence-electron chi connectivity index (χ2n) is 3.81. The molecule has 2 heterocycles. The maximum atomic E-state index is 11.9. The molecule has 0 saturated carbocycles. The van der Waals surface area contributed by atoms with Crippen molar-refractivity contribution in [1.82, 2.24) is 14.8 Å². The summed E-state index contributed by atoms with van der Waals surface area (Å²) < 4.78 is 1.61. The van der Waals surface area contributed by atoms with E-state index < -0.39 is 0 Å². The Bertz CT molecular complexity index is 498. The van der Waals surface area contributed by atoms with E-state index in [1.165, 1.54) is 11.3 Å². The molecule has 6 heteroatoms. The minimum absolute atomic E-state index is 0.109. The van der Waals surface area contributed by atoms with Crippen molar-refractivity contribution < 1.29 is 4.79 Å². The molecule has 0 bridgehead atoms. The lowest BCUT2D eigenvalue weighted by Crippen LogP contribution is -2.23. The van der Waals surface area contributed by atoms with Crippen molar-refractivity contribution in [3.63, 3.8) is 0 Å². The van der Waals surface area contributed by atoms with Crippen LogP contribution >= 0.6 is 11.3 Å². The maximum Gasteiger partial charge on any atom is 0.250 e. The third-order valence-electron chi connectivity index (χ3n) is 2.56. The first kappa shape index (κ1) is 11.8. The van der Waals surface area contributed by atoms with E-state index >= 15 is 0 Å². The summed E-state index contributed by atoms with van der Waals surface area (Å²) in [6.07, 6.45) is 3.42. The van der Waals surface area contributed by atoms with Gasteiger partial charge in [0, 0.05) is 17.3 Å². The Morgan fingerprint density at radius 2 is 2.29 bits per heavy atom. The van der Waals surface area contributed by atoms with Crippen LogP contribution in [0.25, 0.3) is 0 Å². The summed E-state index contributed by atoms with van der Waals surface area (Å²) in [7, 11) is 0. The smallest absolute Gasteiger partial charge is 0.250 e. The third-order valence-corrected chi connectivity index (χ3v) is 3.55. The van der Waals surface area contributed by atoms with E-state index in [0.717, 1.165) is 10.6 Å². The molecule has 0 aliphatic rings. The van der Waals surface area contributed by atoms with Crippen LogP contribution in [0.2, 0.25) is 0 Å². The Labute approximate surface area is 103 Å². The number of hydrogen-bond donors (Lipinski definition) is 1. The Morgan fingerprint density at radius 1 is 1.53 bits per heavy atom. The predicted molar refractivity (Wildman–Crippen MR) is 67.2 cm³/mol. The summed E-state index contributed by atoms with van der Waals surface area (Å²) in [5, 5.41) is 7.48. The minimum atomic E-state index is -0.338. The van der Waals surface area contributed by atoms with Crippen molar-refractivity contribution in [3.05, 3.63) is 29.0 Å². The van der Waals surface area contributed by atoms with Gasteiger partial charge in [-0.1, -0.05) is 0 Å². The average molecular weight is 250 g/mol. The molecule has 1 N–H and O–H groups in total. The number of thiazole rings is 1. The lowest BCUT2D eigenvalue weighted by atomic mass is 10.3. The lowest BCUT2D eigenvalue weighted by Gasteiger charge is -2.10. The first-order valence-corrected chi connectivity index (χ1v) is 6.13. The molecule has 17 heavy (non-hydrogen) atoms. The molecule has 2 rings (SSSR count). The maximum absolute atomic E-state index is 11.9. The van der Waals surface area contributed by atoms with Crippen molar-refractivity contribution >= 4 is 22.4 Å². The van der Waals surface area contributed by atoms with Gasteiger partial charge in [0.2, 0.25) is 0 Å². The van der Waals surface area contributed by atoms with Crippen LogP contribution in [0.3, 0.4) is 0 Å². The number of aromatic nitrogens is 3. The second-order valence-corrected chi connectivity index (χ2v) is 5.02. The van der Waals surface area contributed by atoms with Crippen molar-refractivity contribution in [3.8, 4) is 0 Å². The molecule has 0 fully saturated rings. The number of carbonyl (C=O) groups is 1. The Hall–Kier alpha value is -1.69. The Morgan fingerprint density at radius 3 is 2.82 bits per heavy atom. The number of hydrogen-bond acceptors (Lipinski definition) is 4. The highest BCUT2D eigenvalue weighted by molar-refractivity contribution is 7.15. The third kappa shape index (κ3) is 2.52. The van der Waals surface area contributed by atoms with Gasteiger partial charge >= 0.3 is 0 Å². The molecule has 0 radical (unpaired) electrons. The van der Waals surface area contributed by atoms with E-state index in [1.807, 2.05) is 13.8 Å². The van der Waals surface area contributed by atoms with Crippen molar-refractivity contribution in [2.45, 2.75) is 26.8 Å². The van der Waals surface area contributed by atoms with E-state index in [-0.39, 0.29) is 11.9 Å². The zero-order valence-corrected chi connectivity index (χ0v) is 10.8. The molecule has 0 aliphatic carbocycles. The van der Waals surface area contributed by atoms with E-state index in [0.29, 0.717) is 5.13 Å². The first-order chi connectivity index (χ1) is 8.08. The summed E-state index contributed by atoms with van der Waals surface area (Å²) in [5.41, 5.74) is 0.956. The summed E-state index contributed by atoms with van der Waals surface area (Å²) in [5.74, 6) is -0.109. The van der Waals surface area contributed by atoms with Crippen LogP contribution in [0, 0.1) is 13.8 Å². The van der Waals surface area contributed by atoms with Crippen LogP contribution in [0.15, 0.2) is 18.5 Å². The molecule has 2 aromatic heterocycles. The molecule has 90 valence electrons. The number of anilines is 1. The predicted octanol–water partition coefficient (Wildman–Crippen LogP) is 2.16. The topological polar surface area (TPSA) is 59.8 Å². The highest BCUT2D eigenvalue weighted by atomic mass is 32.1. The van der Waals surface area contributed by atoms with Gasteiger partial charge in [0.05, 0.1) is 5.69 Å². The van der Waals surface area contributed by atoms with E-state index in [1.54, 1.807) is 30.1 Å². The number of nitrogens with one attached hydrogen (secondary N) is 1. The standard InChI is InChI=1S/C11H14N4OS/c1-7-9(3)17-11(13-7)14-10(16)8(2)15-6-4-5-12-15/h4-6,8H,1-3H3,(H,13,14,16)/t8-/m1/s1. The van der Waals surface area contributed by atoms with Crippen LogP contribution in [-0.2, 0) is 4.79 Å². The van der Waals surface area contributed by atoms with Gasteiger partial charge in [-0.05, 0) is 26.8 Å². The van der Waals surface area contributed by atoms with E-state index in [2.05, 4.69) is 15.4 Å². The lowest BCUT2D eigenvalue weighted by molar-refractivity contribution is -0.119. The summed E-state index contributed by atoms with van der Waals surface area (Å²) >= 11 is 1.48. The highest BCUT2D eigenvalue weighted by Gasteiger charge is 2.16. The van der Waals surface area contributed by atoms with E-state index in [4.69, 9.17) is 0 Å². The molecule has 1 amide bonds. The van der Waals surface area contributed by atoms with Gasteiger partial charge < -0.3 is 5.32 Å². The molecule has 0 unspecified atom stereocenters. The van der Waals surface area contributed by atoms with Crippen molar-refractivity contribution in [2.24, 2.45) is 0 Å². The first-order valence-electron chi connectivity index (χ1n) is 5.32. The molecule has 0 saturated heterocycles. The Kier molecular flexibility index (Phi) is 3.23. The fourth-order valence-corrected chi connectivity index (χ4v) is 2.18. The number of carbonyl (C=O) groups excluding carboxylic acids is 1. The van der Waals surface area contributed by atoms with Gasteiger partial charge in [-0.15, -0.1) is 11.3 Å². The van der Waals surface area contributed by atoms with Crippen molar-refractivity contribution in [1.29, 1.82) is 0 Å². The molecule has 0 spiro atoms. The highest BCUT2D eigenvalue weighted by Crippen LogP contribution is 2.21. The second kappa shape index (κ2) is 4.67. The van der Waals surface area contributed by atoms with Crippen LogP contribution in [0.1, 0.15) is 23.5 Å². The van der Waals surface area contributed by atoms with Crippen LogP contribution in [0.5, 0.6) is 0 Å². The number of aryl methyl sites for hydroxylation is 2. The number of amides is 1. The molecule has 0 aromatic carbocycles. The summed E-state index contributed by atoms with van der Waals surface area (Å²) in [6, 6.07) is 1.45. The molecule has 0 aliphatic heterocycles. The molecule has 2 aromatic rings. The summed E-state index contributed by atoms with van der Waals surface area (Å²) in [4.78, 5) is 17.3. The van der Waals surface area contributed by atoms with Gasteiger partial charge in [-0.25, -0.2) is 4.98 Å². The molecule has 1 atom stereocenters. The summed E-state index contributed by atoms with van der Waals surface area (Å²) in [6.45, 7) is 5.72.